The molecule has 178 valence electrons. The Balaban J connectivity index is 2.22. The fourth-order valence-electron chi connectivity index (χ4n) is 3.55. The Morgan fingerprint density at radius 3 is 2.34 bits per heavy atom. The first-order valence-corrected chi connectivity index (χ1v) is 12.1. The lowest BCUT2D eigenvalue weighted by Crippen LogP contribution is -2.35. The van der Waals surface area contributed by atoms with Crippen molar-refractivity contribution in [2.24, 2.45) is 0 Å². The Hall–Kier alpha value is -1.65. The third-order valence-corrected chi connectivity index (χ3v) is 7.66. The molecule has 4 nitrogen and oxygen atoms in total. The minimum absolute atomic E-state index is 0.0551. The monoisotopic (exact) mass is 481 g/mol. The first kappa shape index (κ1) is 26.6. The molecule has 1 amide bonds. The summed E-state index contributed by atoms with van der Waals surface area (Å²) in [5.74, 6) is 0.178. The fraction of sp³-hybridized carbons (Fsp3) is 0.577. The molecule has 1 aliphatic rings. The summed E-state index contributed by atoms with van der Waals surface area (Å²) in [6.07, 6.45) is 4.48. The van der Waals surface area contributed by atoms with Crippen molar-refractivity contribution in [3.8, 4) is 5.75 Å². The molecule has 0 radical (unpaired) electrons. The van der Waals surface area contributed by atoms with E-state index in [0.717, 1.165) is 18.4 Å². The summed E-state index contributed by atoms with van der Waals surface area (Å²) >= 11 is 12.7. The summed E-state index contributed by atoms with van der Waals surface area (Å²) in [6.45, 7) is 14.9. The van der Waals surface area contributed by atoms with Gasteiger partial charge in [-0.2, -0.15) is 0 Å². The van der Waals surface area contributed by atoms with E-state index in [1.165, 1.54) is 5.56 Å². The van der Waals surface area contributed by atoms with E-state index in [1.54, 1.807) is 6.08 Å². The largest absolute Gasteiger partial charge is 0.505 e. The van der Waals surface area contributed by atoms with Crippen molar-refractivity contribution in [3.63, 3.8) is 0 Å². The number of benzene rings is 1. The predicted octanol–water partition coefficient (Wildman–Crippen LogP) is 7.24. The van der Waals surface area contributed by atoms with Gasteiger partial charge in [0.25, 0.3) is 5.91 Å². The number of aliphatic hydroxyl groups is 1. The highest BCUT2D eigenvalue weighted by Gasteiger charge is 2.32. The average Bonchev–Trinajstić information content (AvgIpc) is 2.75. The lowest BCUT2D eigenvalue weighted by molar-refractivity contribution is -0.122. The van der Waals surface area contributed by atoms with Crippen LogP contribution in [0.15, 0.2) is 40.8 Å². The number of alkyl halides is 1. The zero-order valence-corrected chi connectivity index (χ0v) is 21.9. The number of rotatable bonds is 9. The molecule has 32 heavy (non-hydrogen) atoms. The molecule has 1 aromatic carbocycles. The molecule has 1 aromatic rings. The summed E-state index contributed by atoms with van der Waals surface area (Å²) in [4.78, 5) is 11.9. The number of ether oxygens (including phenoxy) is 1. The molecule has 2 N–H and O–H groups in total. The van der Waals surface area contributed by atoms with Crippen LogP contribution in [0.4, 0.5) is 0 Å². The topological polar surface area (TPSA) is 58.6 Å². The third kappa shape index (κ3) is 6.02. The molecule has 0 aliphatic heterocycles. The maximum absolute atomic E-state index is 12.7. The molecule has 6 heteroatoms. The van der Waals surface area contributed by atoms with Crippen LogP contribution in [0.5, 0.6) is 5.75 Å². The summed E-state index contributed by atoms with van der Waals surface area (Å²) in [5.41, 5.74) is 2.61. The van der Waals surface area contributed by atoms with E-state index in [4.69, 9.17) is 27.9 Å². The van der Waals surface area contributed by atoms with Crippen LogP contribution in [0, 0.1) is 0 Å². The molecule has 0 heterocycles. The molecular weight excluding hydrogens is 445 g/mol. The van der Waals surface area contributed by atoms with Gasteiger partial charge >= 0.3 is 0 Å². The highest BCUT2D eigenvalue weighted by atomic mass is 35.5. The zero-order valence-electron chi connectivity index (χ0n) is 20.4. The van der Waals surface area contributed by atoms with Gasteiger partial charge in [0.1, 0.15) is 5.75 Å². The van der Waals surface area contributed by atoms with E-state index >= 15 is 0 Å². The van der Waals surface area contributed by atoms with Gasteiger partial charge < -0.3 is 15.2 Å². The van der Waals surface area contributed by atoms with Gasteiger partial charge in [-0.3, -0.25) is 4.79 Å². The number of hydrogen-bond acceptors (Lipinski definition) is 3. The van der Waals surface area contributed by atoms with Crippen molar-refractivity contribution in [2.75, 3.05) is 6.61 Å². The second kappa shape index (κ2) is 10.1. The number of hydrogen-bond donors (Lipinski definition) is 2. The number of halogens is 2. The summed E-state index contributed by atoms with van der Waals surface area (Å²) in [7, 11) is 0. The summed E-state index contributed by atoms with van der Waals surface area (Å²) in [6, 6.07) is 6.25. The van der Waals surface area contributed by atoms with E-state index in [-0.39, 0.29) is 40.6 Å². The molecule has 0 spiro atoms. The van der Waals surface area contributed by atoms with Gasteiger partial charge in [-0.25, -0.2) is 0 Å². The van der Waals surface area contributed by atoms with Crippen LogP contribution in [-0.2, 0) is 15.6 Å². The quantitative estimate of drug-likeness (QED) is 0.365. The van der Waals surface area contributed by atoms with Crippen molar-refractivity contribution in [2.45, 2.75) is 89.9 Å². The first-order chi connectivity index (χ1) is 14.8. The van der Waals surface area contributed by atoms with Crippen LogP contribution in [0.3, 0.4) is 0 Å². The molecule has 0 saturated heterocycles. The van der Waals surface area contributed by atoms with E-state index in [2.05, 4.69) is 59.0 Å². The summed E-state index contributed by atoms with van der Waals surface area (Å²) in [5, 5.41) is 13.2. The zero-order chi connectivity index (χ0) is 24.3. The van der Waals surface area contributed by atoms with Gasteiger partial charge in [0.2, 0.25) is 0 Å². The minimum Gasteiger partial charge on any atom is -0.505 e. The van der Waals surface area contributed by atoms with Gasteiger partial charge in [-0.1, -0.05) is 72.2 Å². The molecular formula is C26H37Cl2NO3. The predicted molar refractivity (Wildman–Crippen MR) is 134 cm³/mol. The lowest BCUT2D eigenvalue weighted by Gasteiger charge is -2.30. The average molecular weight is 482 g/mol. The molecule has 0 fully saturated rings. The van der Waals surface area contributed by atoms with Crippen LogP contribution in [0.2, 0.25) is 0 Å². The number of amides is 1. The normalized spacial score (nSPS) is 19.6. The van der Waals surface area contributed by atoms with Crippen LogP contribution >= 0.6 is 23.2 Å². The molecule has 2 rings (SSSR count). The molecule has 0 bridgehead atoms. The third-order valence-electron chi connectivity index (χ3n) is 6.86. The second-order valence-electron chi connectivity index (χ2n) is 9.91. The number of nitrogens with one attached hydrogen (secondary N) is 1. The summed E-state index contributed by atoms with van der Waals surface area (Å²) < 4.78 is 5.97. The van der Waals surface area contributed by atoms with Gasteiger partial charge in [-0.05, 0) is 47.8 Å². The first-order valence-electron chi connectivity index (χ1n) is 11.4. The van der Waals surface area contributed by atoms with E-state index in [0.29, 0.717) is 17.9 Å². The van der Waals surface area contributed by atoms with Crippen molar-refractivity contribution in [1.29, 1.82) is 0 Å². The Morgan fingerprint density at radius 2 is 1.78 bits per heavy atom. The number of allylic oxidation sites excluding steroid dienone is 3. The van der Waals surface area contributed by atoms with Crippen LogP contribution in [0.25, 0.3) is 0 Å². The van der Waals surface area contributed by atoms with Gasteiger partial charge in [0.05, 0.1) is 15.6 Å². The van der Waals surface area contributed by atoms with Crippen LogP contribution < -0.4 is 10.1 Å². The van der Waals surface area contributed by atoms with Crippen molar-refractivity contribution in [3.05, 3.63) is 51.9 Å². The van der Waals surface area contributed by atoms with Gasteiger partial charge in [0.15, 0.2) is 12.4 Å². The maximum atomic E-state index is 12.7. The number of carbonyl (C=O) groups excluding carboxylic acids is 1. The minimum atomic E-state index is -0.729. The molecule has 1 unspecified atom stereocenters. The lowest BCUT2D eigenvalue weighted by atomic mass is 9.76. The highest BCUT2D eigenvalue weighted by molar-refractivity contribution is 6.34. The number of aliphatic hydroxyl groups excluding tert-OH is 1. The Morgan fingerprint density at radius 1 is 1.16 bits per heavy atom. The Bertz CT molecular complexity index is 918. The van der Waals surface area contributed by atoms with Crippen molar-refractivity contribution in [1.82, 2.24) is 5.32 Å². The Kier molecular flexibility index (Phi) is 8.39. The van der Waals surface area contributed by atoms with Crippen LogP contribution in [0.1, 0.15) is 85.3 Å². The molecule has 1 atom stereocenters. The highest BCUT2D eigenvalue weighted by Crippen LogP contribution is 2.39. The van der Waals surface area contributed by atoms with E-state index in [1.807, 2.05) is 13.0 Å². The molecule has 0 aromatic heterocycles. The molecule has 1 aliphatic carbocycles. The van der Waals surface area contributed by atoms with Crippen LogP contribution in [-0.4, -0.2) is 22.5 Å². The van der Waals surface area contributed by atoms with Gasteiger partial charge in [-0.15, -0.1) is 11.6 Å². The smallest absolute Gasteiger partial charge is 0.262 e. The van der Waals surface area contributed by atoms with Crippen molar-refractivity contribution >= 4 is 29.1 Å². The Labute approximate surface area is 203 Å². The number of carbonyl (C=O) groups is 1. The maximum Gasteiger partial charge on any atom is 0.262 e. The fourth-order valence-corrected chi connectivity index (χ4v) is 4.17. The standard InChI is InChI=1S/C26H37Cl2NO3/c1-8-24(4,5)17-11-12-21(18(13-17)25(6,7)9-2)32-16-22(30)29-20-15-26(28,10-3)14-19(27)23(20)31/h11-14,31H,8-10,15-16H2,1-7H3,(H,29,30). The van der Waals surface area contributed by atoms with Crippen molar-refractivity contribution < 1.29 is 14.6 Å². The molecule has 0 saturated carbocycles. The van der Waals surface area contributed by atoms with E-state index in [9.17, 15) is 9.90 Å². The van der Waals surface area contributed by atoms with E-state index < -0.39 is 4.87 Å². The SMILES string of the molecule is CCC1(Cl)C=C(Cl)C(O)=C(NC(=O)COc2ccc(C(C)(C)CC)cc2C(C)(C)CC)C1. The second-order valence-corrected chi connectivity index (χ2v) is 11.1. The van der Waals surface area contributed by atoms with Gasteiger partial charge in [0, 0.05) is 12.0 Å².